The van der Waals surface area contributed by atoms with Gasteiger partial charge in [-0.1, -0.05) is 5.16 Å². The summed E-state index contributed by atoms with van der Waals surface area (Å²) in [6, 6.07) is 4.21. The van der Waals surface area contributed by atoms with Crippen LogP contribution in [0, 0.1) is 12.7 Å². The van der Waals surface area contributed by atoms with Crippen molar-refractivity contribution in [2.45, 2.75) is 30.7 Å². The van der Waals surface area contributed by atoms with E-state index in [2.05, 4.69) is 5.16 Å². The van der Waals surface area contributed by atoms with E-state index >= 15 is 0 Å². The van der Waals surface area contributed by atoms with Gasteiger partial charge in [0.25, 0.3) is 0 Å². The van der Waals surface area contributed by atoms with Gasteiger partial charge in [-0.15, -0.1) is 11.8 Å². The van der Waals surface area contributed by atoms with E-state index in [0.29, 0.717) is 33.4 Å². The molecule has 2 aromatic rings. The van der Waals surface area contributed by atoms with Gasteiger partial charge < -0.3 is 4.52 Å². The summed E-state index contributed by atoms with van der Waals surface area (Å²) in [5, 5.41) is 4.59. The molecule has 1 aromatic heterocycles. The first-order valence-electron chi connectivity index (χ1n) is 6.46. The molecule has 0 saturated heterocycles. The van der Waals surface area contributed by atoms with Gasteiger partial charge in [0, 0.05) is 11.5 Å². The second-order valence-corrected chi connectivity index (χ2v) is 5.79. The minimum atomic E-state index is -0.336. The van der Waals surface area contributed by atoms with Gasteiger partial charge in [-0.2, -0.15) is 0 Å². The highest BCUT2D eigenvalue weighted by Crippen LogP contribution is 2.44. The lowest BCUT2D eigenvalue weighted by molar-refractivity contribution is 0.103. The molecule has 1 aliphatic carbocycles. The molecule has 0 atom stereocenters. The number of halogens is 1. The zero-order chi connectivity index (χ0) is 14.3. The lowest BCUT2D eigenvalue weighted by atomic mass is 9.98. The van der Waals surface area contributed by atoms with Crippen LogP contribution in [0.3, 0.4) is 0 Å². The quantitative estimate of drug-likeness (QED) is 0.632. The molecule has 1 aromatic carbocycles. The third kappa shape index (κ3) is 2.26. The Morgan fingerprint density at radius 1 is 1.45 bits per heavy atom. The van der Waals surface area contributed by atoms with Crippen LogP contribution in [-0.4, -0.2) is 17.2 Å². The van der Waals surface area contributed by atoms with Gasteiger partial charge >= 0.3 is 0 Å². The van der Waals surface area contributed by atoms with Gasteiger partial charge in [-0.3, -0.25) is 4.79 Å². The smallest absolute Gasteiger partial charge is 0.199 e. The SMILES string of the molecule is CSc1noc(C2CC2)c1C(=O)c1ccc(F)cc1C. The van der Waals surface area contributed by atoms with Crippen molar-refractivity contribution < 1.29 is 13.7 Å². The highest BCUT2D eigenvalue weighted by Gasteiger charge is 2.35. The fourth-order valence-corrected chi connectivity index (χ4v) is 2.79. The molecule has 1 saturated carbocycles. The van der Waals surface area contributed by atoms with Crippen molar-refractivity contribution in [2.24, 2.45) is 0 Å². The summed E-state index contributed by atoms with van der Waals surface area (Å²) < 4.78 is 18.5. The normalized spacial score (nSPS) is 14.6. The van der Waals surface area contributed by atoms with Gasteiger partial charge in [0.1, 0.15) is 5.82 Å². The van der Waals surface area contributed by atoms with Crippen molar-refractivity contribution in [3.8, 4) is 0 Å². The molecule has 0 radical (unpaired) electrons. The van der Waals surface area contributed by atoms with Crippen LogP contribution >= 0.6 is 11.8 Å². The van der Waals surface area contributed by atoms with Crippen molar-refractivity contribution in [1.82, 2.24) is 5.16 Å². The monoisotopic (exact) mass is 291 g/mol. The summed E-state index contributed by atoms with van der Waals surface area (Å²) in [4.78, 5) is 12.7. The first kappa shape index (κ1) is 13.4. The van der Waals surface area contributed by atoms with Crippen LogP contribution in [0.2, 0.25) is 0 Å². The second kappa shape index (κ2) is 5.05. The summed E-state index contributed by atoms with van der Waals surface area (Å²) in [5.74, 6) is 0.526. The van der Waals surface area contributed by atoms with Crippen molar-refractivity contribution in [2.75, 3.05) is 6.26 Å². The summed E-state index contributed by atoms with van der Waals surface area (Å²) in [5.41, 5.74) is 1.69. The Labute approximate surface area is 120 Å². The van der Waals surface area contributed by atoms with Gasteiger partial charge in [-0.25, -0.2) is 4.39 Å². The summed E-state index contributed by atoms with van der Waals surface area (Å²) in [6.07, 6.45) is 3.93. The van der Waals surface area contributed by atoms with E-state index in [1.165, 1.54) is 30.0 Å². The minimum Gasteiger partial charge on any atom is -0.359 e. The zero-order valence-corrected chi connectivity index (χ0v) is 12.1. The number of nitrogens with zero attached hydrogens (tertiary/aromatic N) is 1. The molecule has 0 bridgehead atoms. The predicted molar refractivity (Wildman–Crippen MR) is 74.8 cm³/mol. The Hall–Kier alpha value is -1.62. The van der Waals surface area contributed by atoms with Gasteiger partial charge in [0.05, 0.1) is 5.56 Å². The number of carbonyl (C=O) groups excluding carboxylic acids is 1. The third-order valence-electron chi connectivity index (χ3n) is 3.49. The summed E-state index contributed by atoms with van der Waals surface area (Å²) in [6.45, 7) is 1.74. The minimum absolute atomic E-state index is 0.130. The molecule has 0 aliphatic heterocycles. The van der Waals surface area contributed by atoms with Crippen molar-refractivity contribution in [3.05, 3.63) is 46.5 Å². The van der Waals surface area contributed by atoms with E-state index < -0.39 is 0 Å². The van der Waals surface area contributed by atoms with E-state index in [0.717, 1.165) is 12.8 Å². The Kier molecular flexibility index (Phi) is 3.38. The number of hydrogen-bond donors (Lipinski definition) is 0. The zero-order valence-electron chi connectivity index (χ0n) is 11.3. The van der Waals surface area contributed by atoms with Crippen LogP contribution in [0.4, 0.5) is 4.39 Å². The average Bonchev–Trinajstić information content (AvgIpc) is 3.17. The highest BCUT2D eigenvalue weighted by atomic mass is 32.2. The number of thioether (sulfide) groups is 1. The number of aryl methyl sites for hydroxylation is 1. The predicted octanol–water partition coefficient (Wildman–Crippen LogP) is 3.95. The maximum absolute atomic E-state index is 13.2. The molecular formula is C15H14FNO2S. The Morgan fingerprint density at radius 2 is 2.20 bits per heavy atom. The van der Waals surface area contributed by atoms with Crippen LogP contribution in [0.25, 0.3) is 0 Å². The van der Waals surface area contributed by atoms with Crippen molar-refractivity contribution in [1.29, 1.82) is 0 Å². The molecule has 1 heterocycles. The number of aromatic nitrogens is 1. The molecule has 0 N–H and O–H groups in total. The molecule has 104 valence electrons. The van der Waals surface area contributed by atoms with Crippen LogP contribution < -0.4 is 0 Å². The first-order valence-corrected chi connectivity index (χ1v) is 7.68. The average molecular weight is 291 g/mol. The topological polar surface area (TPSA) is 43.1 Å². The molecule has 3 nitrogen and oxygen atoms in total. The summed E-state index contributed by atoms with van der Waals surface area (Å²) in [7, 11) is 0. The van der Waals surface area contributed by atoms with Crippen LogP contribution in [0.1, 0.15) is 46.0 Å². The number of hydrogen-bond acceptors (Lipinski definition) is 4. The Balaban J connectivity index is 2.07. The standard InChI is InChI=1S/C15H14FNO2S/c1-8-7-10(16)5-6-11(8)13(18)12-14(9-3-4-9)19-17-15(12)20-2/h5-7,9H,3-4H2,1-2H3. The summed E-state index contributed by atoms with van der Waals surface area (Å²) >= 11 is 1.39. The molecule has 0 spiro atoms. The number of rotatable bonds is 4. The maximum atomic E-state index is 13.2. The van der Waals surface area contributed by atoms with E-state index in [9.17, 15) is 9.18 Å². The molecule has 1 aliphatic rings. The number of benzene rings is 1. The van der Waals surface area contributed by atoms with E-state index in [-0.39, 0.29) is 11.6 Å². The molecule has 1 fully saturated rings. The fraction of sp³-hybridized carbons (Fsp3) is 0.333. The maximum Gasteiger partial charge on any atom is 0.199 e. The van der Waals surface area contributed by atoms with E-state index in [1.807, 2.05) is 6.26 Å². The van der Waals surface area contributed by atoms with Crippen LogP contribution in [0.15, 0.2) is 27.7 Å². The lowest BCUT2D eigenvalue weighted by Crippen LogP contribution is -2.06. The largest absolute Gasteiger partial charge is 0.359 e. The molecule has 5 heteroatoms. The van der Waals surface area contributed by atoms with Crippen LogP contribution in [-0.2, 0) is 0 Å². The van der Waals surface area contributed by atoms with E-state index in [1.54, 1.807) is 6.92 Å². The van der Waals surface area contributed by atoms with Gasteiger partial charge in [0.2, 0.25) is 0 Å². The van der Waals surface area contributed by atoms with Crippen molar-refractivity contribution in [3.63, 3.8) is 0 Å². The third-order valence-corrected chi connectivity index (χ3v) is 4.15. The Bertz CT molecular complexity index is 677. The van der Waals surface area contributed by atoms with Gasteiger partial charge in [-0.05, 0) is 49.8 Å². The first-order chi connectivity index (χ1) is 9.61. The second-order valence-electron chi connectivity index (χ2n) is 4.99. The van der Waals surface area contributed by atoms with Crippen LogP contribution in [0.5, 0.6) is 0 Å². The molecule has 0 amide bonds. The number of ketones is 1. The van der Waals surface area contributed by atoms with Crippen molar-refractivity contribution >= 4 is 17.5 Å². The molecule has 0 unspecified atom stereocenters. The molecule has 3 rings (SSSR count). The molecular weight excluding hydrogens is 277 g/mol. The Morgan fingerprint density at radius 3 is 2.80 bits per heavy atom. The number of carbonyl (C=O) groups is 1. The van der Waals surface area contributed by atoms with E-state index in [4.69, 9.17) is 4.52 Å². The fourth-order valence-electron chi connectivity index (χ4n) is 2.28. The molecule has 20 heavy (non-hydrogen) atoms. The van der Waals surface area contributed by atoms with Gasteiger partial charge in [0.15, 0.2) is 16.6 Å². The highest BCUT2D eigenvalue weighted by molar-refractivity contribution is 7.98. The lowest BCUT2D eigenvalue weighted by Gasteiger charge is -2.05.